The summed E-state index contributed by atoms with van der Waals surface area (Å²) in [5, 5.41) is 10.8. The fraction of sp³-hybridized carbons (Fsp3) is 0.182. The van der Waals surface area contributed by atoms with Crippen molar-refractivity contribution in [2.24, 2.45) is 0 Å². The highest BCUT2D eigenvalue weighted by atomic mass is 32.1. The average Bonchev–Trinajstić information content (AvgIpc) is 3.39. The van der Waals surface area contributed by atoms with Crippen LogP contribution in [0.5, 0.6) is 11.5 Å². The van der Waals surface area contributed by atoms with Crippen molar-refractivity contribution in [1.82, 2.24) is 9.97 Å². The zero-order chi connectivity index (χ0) is 23.2. The van der Waals surface area contributed by atoms with E-state index < -0.39 is 6.03 Å². The molecule has 9 nitrogen and oxygen atoms in total. The molecule has 0 radical (unpaired) electrons. The van der Waals surface area contributed by atoms with E-state index in [2.05, 4.69) is 25.9 Å². The van der Waals surface area contributed by atoms with Crippen molar-refractivity contribution in [3.8, 4) is 11.5 Å². The van der Waals surface area contributed by atoms with E-state index in [9.17, 15) is 9.59 Å². The first-order valence-electron chi connectivity index (χ1n) is 10.0. The number of rotatable bonds is 8. The van der Waals surface area contributed by atoms with Gasteiger partial charge in [0.1, 0.15) is 11.5 Å². The predicted molar refractivity (Wildman–Crippen MR) is 131 cm³/mol. The van der Waals surface area contributed by atoms with E-state index in [4.69, 9.17) is 9.47 Å². The molecule has 2 heterocycles. The number of para-hydroxylation sites is 2. The maximum atomic E-state index is 12.5. The molecule has 0 aliphatic carbocycles. The third-order valence-electron chi connectivity index (χ3n) is 4.39. The average molecular weight is 484 g/mol. The van der Waals surface area contributed by atoms with Gasteiger partial charge >= 0.3 is 6.03 Å². The van der Waals surface area contributed by atoms with Crippen molar-refractivity contribution in [2.75, 3.05) is 29.7 Å². The van der Waals surface area contributed by atoms with Crippen molar-refractivity contribution in [3.05, 3.63) is 53.5 Å². The second kappa shape index (κ2) is 10.3. The molecule has 33 heavy (non-hydrogen) atoms. The van der Waals surface area contributed by atoms with Gasteiger partial charge in [-0.15, -0.1) is 11.3 Å². The second-order valence-electron chi connectivity index (χ2n) is 6.73. The molecule has 0 unspecified atom stereocenters. The summed E-state index contributed by atoms with van der Waals surface area (Å²) in [4.78, 5) is 33.5. The normalized spacial score (nSPS) is 10.6. The molecule has 3 N–H and O–H groups in total. The largest absolute Gasteiger partial charge is 0.495 e. The molecular formula is C22H21N5O4S2. The fourth-order valence-corrected chi connectivity index (χ4v) is 4.60. The number of urea groups is 1. The number of amides is 3. The van der Waals surface area contributed by atoms with E-state index in [1.165, 1.54) is 29.8 Å². The van der Waals surface area contributed by atoms with E-state index in [1.807, 2.05) is 31.2 Å². The standard InChI is InChI=1S/C22H21N5O4S2/c1-3-31-14-8-9-16-18(11-14)33-22(25-16)26-19(28)10-13-12-32-21(23-13)27-20(29)24-15-6-4-5-7-17(15)30-2/h4-9,11-12H,3,10H2,1-2H3,(H,25,26,28)(H2,23,24,27,29). The molecule has 3 amide bonds. The monoisotopic (exact) mass is 483 g/mol. The number of fused-ring (bicyclic) bond motifs is 1. The molecule has 0 aliphatic heterocycles. The van der Waals surface area contributed by atoms with Crippen molar-refractivity contribution in [2.45, 2.75) is 13.3 Å². The third-order valence-corrected chi connectivity index (χ3v) is 6.13. The summed E-state index contributed by atoms with van der Waals surface area (Å²) in [6, 6.07) is 12.3. The van der Waals surface area contributed by atoms with Gasteiger partial charge in [0, 0.05) is 5.38 Å². The van der Waals surface area contributed by atoms with Gasteiger partial charge in [0.25, 0.3) is 0 Å². The molecule has 0 saturated carbocycles. The van der Waals surface area contributed by atoms with Gasteiger partial charge in [0.05, 0.1) is 41.7 Å². The number of carbonyl (C=O) groups is 2. The van der Waals surface area contributed by atoms with Crippen LogP contribution in [0.1, 0.15) is 12.6 Å². The van der Waals surface area contributed by atoms with Gasteiger partial charge in [-0.25, -0.2) is 14.8 Å². The number of nitrogens with one attached hydrogen (secondary N) is 3. The molecule has 0 aliphatic rings. The van der Waals surface area contributed by atoms with Gasteiger partial charge in [-0.1, -0.05) is 23.5 Å². The number of ether oxygens (including phenoxy) is 2. The van der Waals surface area contributed by atoms with Crippen LogP contribution < -0.4 is 25.4 Å². The highest BCUT2D eigenvalue weighted by Crippen LogP contribution is 2.29. The van der Waals surface area contributed by atoms with Gasteiger partial charge in [-0.3, -0.25) is 10.1 Å². The third kappa shape index (κ3) is 5.76. The van der Waals surface area contributed by atoms with Crippen LogP contribution in [0.2, 0.25) is 0 Å². The van der Waals surface area contributed by atoms with Crippen LogP contribution in [0.15, 0.2) is 47.8 Å². The first kappa shape index (κ1) is 22.5. The highest BCUT2D eigenvalue weighted by Gasteiger charge is 2.13. The number of anilines is 3. The number of hydrogen-bond donors (Lipinski definition) is 3. The smallest absolute Gasteiger partial charge is 0.325 e. The molecule has 2 aromatic heterocycles. The molecule has 0 spiro atoms. The van der Waals surface area contributed by atoms with E-state index in [0.717, 1.165) is 16.0 Å². The number of aromatic nitrogens is 2. The molecule has 0 saturated heterocycles. The Kier molecular flexibility index (Phi) is 7.01. The van der Waals surface area contributed by atoms with Crippen molar-refractivity contribution >= 4 is 60.8 Å². The zero-order valence-corrected chi connectivity index (χ0v) is 19.5. The molecule has 0 fully saturated rings. The van der Waals surface area contributed by atoms with Gasteiger partial charge in [0.2, 0.25) is 5.91 Å². The van der Waals surface area contributed by atoms with Crippen LogP contribution >= 0.6 is 22.7 Å². The molecular weight excluding hydrogens is 462 g/mol. The van der Waals surface area contributed by atoms with Crippen LogP contribution in [0, 0.1) is 0 Å². The Morgan fingerprint density at radius 1 is 1.03 bits per heavy atom. The van der Waals surface area contributed by atoms with Crippen LogP contribution in [0.4, 0.5) is 20.7 Å². The Hall–Kier alpha value is -3.70. The van der Waals surface area contributed by atoms with Crippen LogP contribution in [-0.4, -0.2) is 35.6 Å². The number of thiazole rings is 2. The molecule has 2 aromatic carbocycles. The molecule has 0 atom stereocenters. The lowest BCUT2D eigenvalue weighted by atomic mass is 10.3. The van der Waals surface area contributed by atoms with Crippen LogP contribution in [-0.2, 0) is 11.2 Å². The summed E-state index contributed by atoms with van der Waals surface area (Å²) in [6.07, 6.45) is 0.0619. The predicted octanol–water partition coefficient (Wildman–Crippen LogP) is 4.99. The number of methoxy groups -OCH3 is 1. The molecule has 0 bridgehead atoms. The Bertz CT molecular complexity index is 1290. The van der Waals surface area contributed by atoms with Crippen LogP contribution in [0.3, 0.4) is 0 Å². The quantitative estimate of drug-likeness (QED) is 0.325. The summed E-state index contributed by atoms with van der Waals surface area (Å²) in [6.45, 7) is 2.51. The number of nitrogens with zero attached hydrogens (tertiary/aromatic N) is 2. The Labute approximate surface area is 197 Å². The van der Waals surface area contributed by atoms with Crippen molar-refractivity contribution in [3.63, 3.8) is 0 Å². The molecule has 4 aromatic rings. The summed E-state index contributed by atoms with van der Waals surface area (Å²) in [5.74, 6) is 1.08. The summed E-state index contributed by atoms with van der Waals surface area (Å²) in [7, 11) is 1.53. The minimum Gasteiger partial charge on any atom is -0.495 e. The first-order chi connectivity index (χ1) is 16.0. The summed E-state index contributed by atoms with van der Waals surface area (Å²) in [5.41, 5.74) is 1.88. The topological polar surface area (TPSA) is 114 Å². The van der Waals surface area contributed by atoms with Crippen molar-refractivity contribution < 1.29 is 19.1 Å². The Morgan fingerprint density at radius 3 is 2.70 bits per heavy atom. The van der Waals surface area contributed by atoms with Gasteiger partial charge < -0.3 is 20.1 Å². The zero-order valence-electron chi connectivity index (χ0n) is 17.9. The van der Waals surface area contributed by atoms with Gasteiger partial charge in [0.15, 0.2) is 10.3 Å². The van der Waals surface area contributed by atoms with Crippen molar-refractivity contribution in [1.29, 1.82) is 0 Å². The van der Waals surface area contributed by atoms with E-state index in [-0.39, 0.29) is 12.3 Å². The molecule has 4 rings (SSSR count). The van der Waals surface area contributed by atoms with Gasteiger partial charge in [-0.05, 0) is 37.3 Å². The van der Waals surface area contributed by atoms with Crippen LogP contribution in [0.25, 0.3) is 10.2 Å². The minimum absolute atomic E-state index is 0.0619. The number of carbonyl (C=O) groups excluding carboxylic acids is 2. The lowest BCUT2D eigenvalue weighted by Gasteiger charge is -2.09. The fourth-order valence-electron chi connectivity index (χ4n) is 2.99. The van der Waals surface area contributed by atoms with Gasteiger partial charge in [-0.2, -0.15) is 0 Å². The second-order valence-corrected chi connectivity index (χ2v) is 8.62. The maximum Gasteiger partial charge on any atom is 0.325 e. The first-order valence-corrected chi connectivity index (χ1v) is 11.7. The number of benzene rings is 2. The molecule has 11 heteroatoms. The Morgan fingerprint density at radius 2 is 1.88 bits per heavy atom. The number of hydrogen-bond acceptors (Lipinski definition) is 8. The highest BCUT2D eigenvalue weighted by molar-refractivity contribution is 7.22. The maximum absolute atomic E-state index is 12.5. The van der Waals surface area contributed by atoms with E-state index >= 15 is 0 Å². The summed E-state index contributed by atoms with van der Waals surface area (Å²) < 4.78 is 11.6. The lowest BCUT2D eigenvalue weighted by Crippen LogP contribution is -2.20. The summed E-state index contributed by atoms with van der Waals surface area (Å²) >= 11 is 2.61. The lowest BCUT2D eigenvalue weighted by molar-refractivity contribution is -0.115. The van der Waals surface area contributed by atoms with E-state index in [0.29, 0.717) is 34.0 Å². The minimum atomic E-state index is -0.453. The van der Waals surface area contributed by atoms with E-state index in [1.54, 1.807) is 23.6 Å². The Balaban J connectivity index is 1.33. The SMILES string of the molecule is CCOc1ccc2nc(NC(=O)Cc3csc(NC(=O)Nc4ccccc4OC)n3)sc2c1. The molecule has 170 valence electrons.